The van der Waals surface area contributed by atoms with Gasteiger partial charge in [0.1, 0.15) is 12.1 Å². The van der Waals surface area contributed by atoms with Crippen LogP contribution in [0, 0.1) is 0 Å². The molecule has 0 spiro atoms. The summed E-state index contributed by atoms with van der Waals surface area (Å²) in [6.45, 7) is 3.83. The van der Waals surface area contributed by atoms with Crippen LogP contribution in [-0.4, -0.2) is 33.8 Å². The van der Waals surface area contributed by atoms with E-state index < -0.39 is 5.97 Å². The highest BCUT2D eigenvalue weighted by Crippen LogP contribution is 2.37. The van der Waals surface area contributed by atoms with E-state index in [9.17, 15) is 4.79 Å². The summed E-state index contributed by atoms with van der Waals surface area (Å²) < 4.78 is 16.9. The standard InChI is InChI=1S/C20H16N4O4S/c1-10(2)28-20(25)19-24-13-5-4-12-16(17(13)29-19)18(22-8-21-12)23-11-3-6-14-15(7-11)27-9-26-14/h3-8,10H,9H2,1-2H3,(H,21,22,23). The average Bonchev–Trinajstić information content (AvgIpc) is 3.34. The molecule has 4 aromatic rings. The molecule has 29 heavy (non-hydrogen) atoms. The van der Waals surface area contributed by atoms with Crippen molar-refractivity contribution in [2.24, 2.45) is 0 Å². The Morgan fingerprint density at radius 1 is 1.14 bits per heavy atom. The van der Waals surface area contributed by atoms with Crippen molar-refractivity contribution >= 4 is 49.9 Å². The van der Waals surface area contributed by atoms with Crippen LogP contribution in [0.3, 0.4) is 0 Å². The van der Waals surface area contributed by atoms with Gasteiger partial charge in [-0.05, 0) is 38.1 Å². The number of anilines is 2. The lowest BCUT2D eigenvalue weighted by atomic mass is 10.2. The lowest BCUT2D eigenvalue weighted by Crippen LogP contribution is -2.11. The number of carbonyl (C=O) groups is 1. The van der Waals surface area contributed by atoms with Crippen molar-refractivity contribution in [2.45, 2.75) is 20.0 Å². The first-order chi connectivity index (χ1) is 14.1. The van der Waals surface area contributed by atoms with E-state index in [4.69, 9.17) is 14.2 Å². The van der Waals surface area contributed by atoms with E-state index in [-0.39, 0.29) is 12.9 Å². The molecule has 0 unspecified atom stereocenters. The van der Waals surface area contributed by atoms with Gasteiger partial charge in [-0.2, -0.15) is 0 Å². The van der Waals surface area contributed by atoms with Crippen LogP contribution in [0.2, 0.25) is 0 Å². The number of nitrogens with zero attached hydrogens (tertiary/aromatic N) is 3. The number of benzene rings is 2. The first kappa shape index (κ1) is 17.6. The van der Waals surface area contributed by atoms with Gasteiger partial charge in [0.15, 0.2) is 11.5 Å². The first-order valence-electron chi connectivity index (χ1n) is 9.00. The van der Waals surface area contributed by atoms with Crippen molar-refractivity contribution in [3.8, 4) is 11.5 Å². The minimum atomic E-state index is -0.434. The van der Waals surface area contributed by atoms with Gasteiger partial charge in [0.05, 0.1) is 27.2 Å². The van der Waals surface area contributed by atoms with Crippen molar-refractivity contribution < 1.29 is 19.0 Å². The predicted octanol–water partition coefficient (Wildman–Crippen LogP) is 4.28. The topological polar surface area (TPSA) is 95.5 Å². The number of ether oxygens (including phenoxy) is 3. The molecule has 0 radical (unpaired) electrons. The zero-order chi connectivity index (χ0) is 20.0. The van der Waals surface area contributed by atoms with E-state index in [1.807, 2.05) is 44.2 Å². The van der Waals surface area contributed by atoms with E-state index in [0.717, 1.165) is 21.3 Å². The maximum Gasteiger partial charge on any atom is 0.367 e. The summed E-state index contributed by atoms with van der Waals surface area (Å²) in [5, 5.41) is 4.42. The minimum absolute atomic E-state index is 0.210. The number of hydrogen-bond donors (Lipinski definition) is 1. The molecule has 5 rings (SSSR count). The van der Waals surface area contributed by atoms with Gasteiger partial charge in [-0.3, -0.25) is 0 Å². The van der Waals surface area contributed by atoms with Crippen molar-refractivity contribution in [3.05, 3.63) is 41.7 Å². The summed E-state index contributed by atoms with van der Waals surface area (Å²) in [6, 6.07) is 9.30. The molecule has 0 bridgehead atoms. The Hall–Kier alpha value is -3.46. The minimum Gasteiger partial charge on any atom is -0.458 e. The fourth-order valence-electron chi connectivity index (χ4n) is 3.09. The zero-order valence-corrected chi connectivity index (χ0v) is 16.4. The van der Waals surface area contributed by atoms with E-state index in [2.05, 4.69) is 20.3 Å². The van der Waals surface area contributed by atoms with Gasteiger partial charge < -0.3 is 19.5 Å². The Balaban J connectivity index is 1.60. The molecule has 0 amide bonds. The Morgan fingerprint density at radius 2 is 1.97 bits per heavy atom. The lowest BCUT2D eigenvalue weighted by molar-refractivity contribution is 0.0378. The molecule has 3 heterocycles. The molecule has 9 heteroatoms. The van der Waals surface area contributed by atoms with Crippen molar-refractivity contribution in [2.75, 3.05) is 12.1 Å². The molecule has 0 fully saturated rings. The lowest BCUT2D eigenvalue weighted by Gasteiger charge is -2.09. The smallest absolute Gasteiger partial charge is 0.367 e. The number of fused-ring (bicyclic) bond motifs is 4. The Bertz CT molecular complexity index is 1250. The Morgan fingerprint density at radius 3 is 2.83 bits per heavy atom. The zero-order valence-electron chi connectivity index (χ0n) is 15.6. The second-order valence-corrected chi connectivity index (χ2v) is 7.70. The molecule has 0 saturated heterocycles. The molecule has 1 aliphatic rings. The van der Waals surface area contributed by atoms with Crippen LogP contribution >= 0.6 is 11.3 Å². The third-order valence-electron chi connectivity index (χ3n) is 4.31. The van der Waals surface area contributed by atoms with Crippen LogP contribution in [0.15, 0.2) is 36.7 Å². The largest absolute Gasteiger partial charge is 0.458 e. The van der Waals surface area contributed by atoms with Crippen molar-refractivity contribution in [1.82, 2.24) is 15.0 Å². The van der Waals surface area contributed by atoms with Gasteiger partial charge in [-0.15, -0.1) is 11.3 Å². The fourth-order valence-corrected chi connectivity index (χ4v) is 4.08. The van der Waals surface area contributed by atoms with Crippen LogP contribution in [-0.2, 0) is 4.74 Å². The maximum atomic E-state index is 12.3. The average molecular weight is 408 g/mol. The quantitative estimate of drug-likeness (QED) is 0.500. The normalized spacial score (nSPS) is 12.7. The third kappa shape index (κ3) is 3.19. The summed E-state index contributed by atoms with van der Waals surface area (Å²) in [7, 11) is 0. The van der Waals surface area contributed by atoms with Gasteiger partial charge in [0.25, 0.3) is 0 Å². The monoisotopic (exact) mass is 408 g/mol. The van der Waals surface area contributed by atoms with Crippen LogP contribution in [0.5, 0.6) is 11.5 Å². The number of nitrogens with one attached hydrogen (secondary N) is 1. The van der Waals surface area contributed by atoms with Crippen molar-refractivity contribution in [3.63, 3.8) is 0 Å². The van der Waals surface area contributed by atoms with Crippen LogP contribution in [0.1, 0.15) is 23.6 Å². The van der Waals surface area contributed by atoms with Gasteiger partial charge >= 0.3 is 5.97 Å². The number of rotatable bonds is 4. The highest BCUT2D eigenvalue weighted by atomic mass is 32.1. The number of esters is 1. The highest BCUT2D eigenvalue weighted by Gasteiger charge is 2.19. The molecule has 2 aromatic carbocycles. The first-order valence-corrected chi connectivity index (χ1v) is 9.82. The highest BCUT2D eigenvalue weighted by molar-refractivity contribution is 7.21. The Kier molecular flexibility index (Phi) is 4.17. The molecular weight excluding hydrogens is 392 g/mol. The predicted molar refractivity (Wildman–Crippen MR) is 109 cm³/mol. The number of hydrogen-bond acceptors (Lipinski definition) is 9. The van der Waals surface area contributed by atoms with Gasteiger partial charge in [-0.25, -0.2) is 19.7 Å². The number of thiazole rings is 1. The summed E-state index contributed by atoms with van der Waals surface area (Å²) in [5.74, 6) is 1.57. The van der Waals surface area contributed by atoms with Crippen LogP contribution in [0.4, 0.5) is 11.5 Å². The van der Waals surface area contributed by atoms with E-state index in [1.165, 1.54) is 17.7 Å². The van der Waals surface area contributed by atoms with E-state index in [1.54, 1.807) is 0 Å². The molecule has 1 aliphatic heterocycles. The summed E-state index contributed by atoms with van der Waals surface area (Å²) >= 11 is 1.27. The van der Waals surface area contributed by atoms with Gasteiger partial charge in [0.2, 0.25) is 11.8 Å². The Labute approximate surface area is 169 Å². The molecule has 0 saturated carbocycles. The second-order valence-electron chi connectivity index (χ2n) is 6.70. The molecule has 8 nitrogen and oxygen atoms in total. The fraction of sp³-hybridized carbons (Fsp3) is 0.200. The number of aromatic nitrogens is 3. The maximum absolute atomic E-state index is 12.3. The molecular formula is C20H16N4O4S. The van der Waals surface area contributed by atoms with Gasteiger partial charge in [0, 0.05) is 11.8 Å². The molecule has 146 valence electrons. The summed E-state index contributed by atoms with van der Waals surface area (Å²) in [5.41, 5.74) is 2.25. The number of carbonyl (C=O) groups excluding carboxylic acids is 1. The van der Waals surface area contributed by atoms with Gasteiger partial charge in [-0.1, -0.05) is 0 Å². The van der Waals surface area contributed by atoms with Crippen LogP contribution < -0.4 is 14.8 Å². The van der Waals surface area contributed by atoms with E-state index in [0.29, 0.717) is 27.8 Å². The molecule has 2 aromatic heterocycles. The summed E-state index contributed by atoms with van der Waals surface area (Å²) in [4.78, 5) is 25.5. The third-order valence-corrected chi connectivity index (χ3v) is 5.38. The molecule has 1 N–H and O–H groups in total. The van der Waals surface area contributed by atoms with E-state index >= 15 is 0 Å². The summed E-state index contributed by atoms with van der Waals surface area (Å²) in [6.07, 6.45) is 1.29. The second kappa shape index (κ2) is 6.85. The SMILES string of the molecule is CC(C)OC(=O)c1nc2ccc3ncnc(Nc4ccc5c(c4)OCO5)c3c2s1. The van der Waals surface area contributed by atoms with Crippen molar-refractivity contribution in [1.29, 1.82) is 0 Å². The molecule has 0 aliphatic carbocycles. The molecule has 0 atom stereocenters. The van der Waals surface area contributed by atoms with Crippen LogP contribution in [0.25, 0.3) is 21.1 Å².